The Kier molecular flexibility index (Phi) is 4.70. The van der Waals surface area contributed by atoms with E-state index in [4.69, 9.17) is 16.6 Å². The van der Waals surface area contributed by atoms with E-state index in [9.17, 15) is 0 Å². The van der Waals surface area contributed by atoms with Crippen molar-refractivity contribution in [2.75, 3.05) is 11.9 Å². The molecule has 1 N–H and O–H groups in total. The lowest BCUT2D eigenvalue weighted by atomic mass is 10.0. The van der Waals surface area contributed by atoms with Gasteiger partial charge in [-0.25, -0.2) is 15.0 Å². The molecule has 112 valence electrons. The van der Waals surface area contributed by atoms with Crippen LogP contribution < -0.4 is 5.32 Å². The van der Waals surface area contributed by atoms with Crippen molar-refractivity contribution in [1.29, 1.82) is 0 Å². The Morgan fingerprint density at radius 3 is 2.81 bits per heavy atom. The summed E-state index contributed by atoms with van der Waals surface area (Å²) in [6, 6.07) is 2.10. The molecule has 3 rings (SSSR count). The maximum Gasteiger partial charge on any atom is 0.190 e. The number of anilines is 1. The van der Waals surface area contributed by atoms with Crippen LogP contribution in [0.4, 0.5) is 5.82 Å². The highest BCUT2D eigenvalue weighted by molar-refractivity contribution is 7.18. The number of nitrogens with one attached hydrogen (secondary N) is 1. The highest BCUT2D eigenvalue weighted by Gasteiger charge is 2.21. The first-order valence-electron chi connectivity index (χ1n) is 7.51. The van der Waals surface area contributed by atoms with Crippen molar-refractivity contribution in [3.8, 4) is 10.8 Å². The molecule has 0 amide bonds. The molecule has 6 heteroatoms. The molecule has 2 aromatic heterocycles. The van der Waals surface area contributed by atoms with Crippen molar-refractivity contribution in [3.63, 3.8) is 0 Å². The van der Waals surface area contributed by atoms with Gasteiger partial charge in [-0.2, -0.15) is 0 Å². The van der Waals surface area contributed by atoms with Gasteiger partial charge >= 0.3 is 0 Å². The van der Waals surface area contributed by atoms with E-state index in [1.807, 2.05) is 0 Å². The summed E-state index contributed by atoms with van der Waals surface area (Å²) in [7, 11) is 0. The summed E-state index contributed by atoms with van der Waals surface area (Å²) in [5.41, 5.74) is 1.14. The van der Waals surface area contributed by atoms with Crippen LogP contribution in [0.1, 0.15) is 50.6 Å². The van der Waals surface area contributed by atoms with E-state index in [2.05, 4.69) is 28.3 Å². The second-order valence-corrected chi connectivity index (χ2v) is 7.04. The fourth-order valence-electron chi connectivity index (χ4n) is 2.69. The highest BCUT2D eigenvalue weighted by Crippen LogP contribution is 2.35. The number of hydrogen-bond acceptors (Lipinski definition) is 5. The van der Waals surface area contributed by atoms with Crippen LogP contribution in [0.5, 0.6) is 0 Å². The standard InChI is InChI=1S/C15H19ClN4S/c1-2-7-17-13-8-11(10-5-3-4-6-10)19-14(20-13)15-18-9-12(16)21-15/h8-10H,2-7H2,1H3,(H,17,19,20). The molecule has 0 aliphatic heterocycles. The number of halogens is 1. The molecule has 1 aliphatic rings. The van der Waals surface area contributed by atoms with E-state index in [0.29, 0.717) is 16.1 Å². The van der Waals surface area contributed by atoms with Crippen LogP contribution in [-0.4, -0.2) is 21.5 Å². The van der Waals surface area contributed by atoms with Crippen LogP contribution in [0.15, 0.2) is 12.3 Å². The van der Waals surface area contributed by atoms with E-state index in [1.54, 1.807) is 6.20 Å². The first kappa shape index (κ1) is 14.7. The maximum absolute atomic E-state index is 5.99. The van der Waals surface area contributed by atoms with E-state index in [-0.39, 0.29) is 0 Å². The molecule has 0 spiro atoms. The van der Waals surface area contributed by atoms with Crippen molar-refractivity contribution in [2.45, 2.75) is 44.9 Å². The predicted molar refractivity (Wildman–Crippen MR) is 88.1 cm³/mol. The zero-order valence-electron chi connectivity index (χ0n) is 12.1. The molecule has 1 aliphatic carbocycles. The van der Waals surface area contributed by atoms with E-state index in [1.165, 1.54) is 37.0 Å². The van der Waals surface area contributed by atoms with Gasteiger partial charge in [-0.3, -0.25) is 0 Å². The van der Waals surface area contributed by atoms with Crippen molar-refractivity contribution < 1.29 is 0 Å². The molecule has 0 bridgehead atoms. The smallest absolute Gasteiger partial charge is 0.190 e. The Morgan fingerprint density at radius 1 is 1.33 bits per heavy atom. The molecule has 0 unspecified atom stereocenters. The van der Waals surface area contributed by atoms with Crippen molar-refractivity contribution in [2.24, 2.45) is 0 Å². The summed E-state index contributed by atoms with van der Waals surface area (Å²) in [5.74, 6) is 2.15. The number of thiazole rings is 1. The van der Waals surface area contributed by atoms with Crippen LogP contribution in [0, 0.1) is 0 Å². The quantitative estimate of drug-likeness (QED) is 0.864. The van der Waals surface area contributed by atoms with Crippen molar-refractivity contribution in [1.82, 2.24) is 15.0 Å². The average molecular weight is 323 g/mol. The molecule has 2 heterocycles. The summed E-state index contributed by atoms with van der Waals surface area (Å²) in [6.07, 6.45) is 7.77. The average Bonchev–Trinajstić information content (AvgIpc) is 3.16. The molecule has 1 fully saturated rings. The molecule has 0 atom stereocenters. The number of aromatic nitrogens is 3. The molecule has 2 aromatic rings. The summed E-state index contributed by atoms with van der Waals surface area (Å²) >= 11 is 7.41. The van der Waals surface area contributed by atoms with Crippen LogP contribution in [-0.2, 0) is 0 Å². The third-order valence-corrected chi connectivity index (χ3v) is 4.86. The number of rotatable bonds is 5. The van der Waals surface area contributed by atoms with Gasteiger partial charge in [0.25, 0.3) is 0 Å². The topological polar surface area (TPSA) is 50.7 Å². The van der Waals surface area contributed by atoms with Gasteiger partial charge in [0.1, 0.15) is 10.2 Å². The lowest BCUT2D eigenvalue weighted by Crippen LogP contribution is -2.07. The second-order valence-electron chi connectivity index (χ2n) is 5.38. The lowest BCUT2D eigenvalue weighted by Gasteiger charge is -2.12. The predicted octanol–water partition coefficient (Wildman–Crippen LogP) is 4.73. The van der Waals surface area contributed by atoms with Crippen LogP contribution in [0.2, 0.25) is 4.34 Å². The lowest BCUT2D eigenvalue weighted by molar-refractivity contribution is 0.695. The fraction of sp³-hybridized carbons (Fsp3) is 0.533. The summed E-state index contributed by atoms with van der Waals surface area (Å²) in [5, 5.41) is 4.16. The minimum absolute atomic E-state index is 0.560. The molecule has 0 radical (unpaired) electrons. The first-order chi connectivity index (χ1) is 10.3. The largest absolute Gasteiger partial charge is 0.370 e. The minimum Gasteiger partial charge on any atom is -0.370 e. The Bertz CT molecular complexity index is 607. The summed E-state index contributed by atoms with van der Waals surface area (Å²) < 4.78 is 0.669. The maximum atomic E-state index is 5.99. The van der Waals surface area contributed by atoms with Crippen molar-refractivity contribution >= 4 is 28.8 Å². The molecule has 1 saturated carbocycles. The Morgan fingerprint density at radius 2 is 2.14 bits per heavy atom. The monoisotopic (exact) mass is 322 g/mol. The van der Waals surface area contributed by atoms with Gasteiger partial charge in [-0.05, 0) is 19.3 Å². The Hall–Kier alpha value is -1.20. The SMILES string of the molecule is CCCNc1cc(C2CCCC2)nc(-c2ncc(Cl)s2)n1. The van der Waals surface area contributed by atoms with Crippen molar-refractivity contribution in [3.05, 3.63) is 22.3 Å². The Labute approximate surface area is 134 Å². The molecular formula is C15H19ClN4S. The minimum atomic E-state index is 0.560. The van der Waals surface area contributed by atoms with Gasteiger partial charge in [0, 0.05) is 24.2 Å². The second kappa shape index (κ2) is 6.71. The normalized spacial score (nSPS) is 15.5. The van der Waals surface area contributed by atoms with E-state index >= 15 is 0 Å². The van der Waals surface area contributed by atoms with Gasteiger partial charge < -0.3 is 5.32 Å². The molecular weight excluding hydrogens is 304 g/mol. The molecule has 0 aromatic carbocycles. The Balaban J connectivity index is 1.95. The zero-order chi connectivity index (χ0) is 14.7. The van der Waals surface area contributed by atoms with E-state index in [0.717, 1.165) is 29.5 Å². The van der Waals surface area contributed by atoms with Gasteiger partial charge in [-0.15, -0.1) is 0 Å². The van der Waals surface area contributed by atoms with Gasteiger partial charge in [0.05, 0.1) is 6.20 Å². The number of nitrogens with zero attached hydrogens (tertiary/aromatic N) is 3. The summed E-state index contributed by atoms with van der Waals surface area (Å²) in [4.78, 5) is 13.6. The first-order valence-corrected chi connectivity index (χ1v) is 8.70. The third-order valence-electron chi connectivity index (χ3n) is 3.74. The van der Waals surface area contributed by atoms with Crippen LogP contribution >= 0.6 is 22.9 Å². The van der Waals surface area contributed by atoms with Gasteiger partial charge in [0.2, 0.25) is 0 Å². The van der Waals surface area contributed by atoms with Gasteiger partial charge in [-0.1, -0.05) is 42.7 Å². The third kappa shape index (κ3) is 3.52. The molecule has 21 heavy (non-hydrogen) atoms. The van der Waals surface area contributed by atoms with Crippen LogP contribution in [0.25, 0.3) is 10.8 Å². The fourth-order valence-corrected chi connectivity index (χ4v) is 3.54. The highest BCUT2D eigenvalue weighted by atomic mass is 35.5. The number of hydrogen-bond donors (Lipinski definition) is 1. The molecule has 4 nitrogen and oxygen atoms in total. The van der Waals surface area contributed by atoms with Gasteiger partial charge in [0.15, 0.2) is 10.8 Å². The van der Waals surface area contributed by atoms with E-state index < -0.39 is 0 Å². The summed E-state index contributed by atoms with van der Waals surface area (Å²) in [6.45, 7) is 3.06. The molecule has 0 saturated heterocycles. The van der Waals surface area contributed by atoms with Crippen LogP contribution in [0.3, 0.4) is 0 Å². The zero-order valence-corrected chi connectivity index (χ0v) is 13.7.